The first-order valence-corrected chi connectivity index (χ1v) is 8.78. The normalized spacial score (nSPS) is 19.6. The van der Waals surface area contributed by atoms with Crippen molar-refractivity contribution < 1.29 is 23.5 Å². The van der Waals surface area contributed by atoms with Crippen molar-refractivity contribution in [1.82, 2.24) is 10.2 Å². The third kappa shape index (κ3) is 5.42. The van der Waals surface area contributed by atoms with Crippen molar-refractivity contribution in [3.05, 3.63) is 30.1 Å². The van der Waals surface area contributed by atoms with Crippen LogP contribution in [0.1, 0.15) is 34.1 Å². The van der Waals surface area contributed by atoms with Gasteiger partial charge in [-0.3, -0.25) is 14.5 Å². The first-order chi connectivity index (χ1) is 12.5. The number of rotatable bonds is 3. The largest absolute Gasteiger partial charge is 0.444 e. The molecule has 148 valence electrons. The SMILES string of the molecule is CC(=O)N[C@H]1C[C@@H](C(=O)N(C)c2ccc(F)cc2)N(C(=O)OC(C)(C)C)C1. The lowest BCUT2D eigenvalue weighted by atomic mass is 10.1. The number of ether oxygens (including phenoxy) is 1. The van der Waals surface area contributed by atoms with E-state index >= 15 is 0 Å². The number of hydrogen-bond donors (Lipinski definition) is 1. The molecule has 0 spiro atoms. The summed E-state index contributed by atoms with van der Waals surface area (Å²) < 4.78 is 18.5. The zero-order valence-electron chi connectivity index (χ0n) is 16.3. The van der Waals surface area contributed by atoms with Gasteiger partial charge in [0.1, 0.15) is 17.5 Å². The topological polar surface area (TPSA) is 79.0 Å². The number of likely N-dealkylation sites (N-methyl/N-ethyl adjacent to an activating group) is 1. The van der Waals surface area contributed by atoms with Crippen LogP contribution >= 0.6 is 0 Å². The van der Waals surface area contributed by atoms with Crippen LogP contribution in [0.2, 0.25) is 0 Å². The Kier molecular flexibility index (Phi) is 6.08. The fraction of sp³-hybridized carbons (Fsp3) is 0.526. The van der Waals surface area contributed by atoms with Crippen LogP contribution in [0.4, 0.5) is 14.9 Å². The van der Waals surface area contributed by atoms with E-state index in [1.165, 1.54) is 41.0 Å². The molecule has 0 unspecified atom stereocenters. The number of halogens is 1. The number of carbonyl (C=O) groups excluding carboxylic acids is 3. The van der Waals surface area contributed by atoms with Crippen molar-refractivity contribution in [2.45, 2.75) is 51.8 Å². The first kappa shape index (κ1) is 20.7. The summed E-state index contributed by atoms with van der Waals surface area (Å²) in [5, 5.41) is 2.75. The van der Waals surface area contributed by atoms with Crippen LogP contribution in [-0.4, -0.2) is 54.1 Å². The second kappa shape index (κ2) is 7.94. The summed E-state index contributed by atoms with van der Waals surface area (Å²) in [6, 6.07) is 4.38. The smallest absolute Gasteiger partial charge is 0.411 e. The third-order valence-corrected chi connectivity index (χ3v) is 4.17. The quantitative estimate of drug-likeness (QED) is 0.874. The standard InChI is InChI=1S/C19H26FN3O4/c1-12(24)21-14-10-16(23(11-14)18(26)27-19(2,3)4)17(25)22(5)15-8-6-13(20)7-9-15/h6-9,14,16H,10-11H2,1-5H3,(H,21,24)/t14-,16-/m0/s1. The molecule has 3 amide bonds. The highest BCUT2D eigenvalue weighted by molar-refractivity contribution is 5.98. The fourth-order valence-electron chi connectivity index (χ4n) is 3.00. The Hall–Kier alpha value is -2.64. The minimum absolute atomic E-state index is 0.183. The molecule has 2 atom stereocenters. The average Bonchev–Trinajstić information content (AvgIpc) is 2.96. The van der Waals surface area contributed by atoms with Gasteiger partial charge in [-0.05, 0) is 51.5 Å². The molecule has 0 saturated carbocycles. The van der Waals surface area contributed by atoms with Gasteiger partial charge in [-0.1, -0.05) is 0 Å². The van der Waals surface area contributed by atoms with Gasteiger partial charge in [-0.2, -0.15) is 0 Å². The molecule has 0 aliphatic carbocycles. The predicted molar refractivity (Wildman–Crippen MR) is 98.8 cm³/mol. The summed E-state index contributed by atoms with van der Waals surface area (Å²) in [5.74, 6) is -0.967. The van der Waals surface area contributed by atoms with Gasteiger partial charge in [0.25, 0.3) is 0 Å². The maximum absolute atomic E-state index is 13.1. The van der Waals surface area contributed by atoms with Crippen molar-refractivity contribution in [3.8, 4) is 0 Å². The summed E-state index contributed by atoms with van der Waals surface area (Å²) in [6.07, 6.45) is -0.329. The Morgan fingerprint density at radius 3 is 2.33 bits per heavy atom. The zero-order chi connectivity index (χ0) is 20.4. The van der Waals surface area contributed by atoms with Crippen LogP contribution in [0.25, 0.3) is 0 Å². The van der Waals surface area contributed by atoms with E-state index in [0.29, 0.717) is 5.69 Å². The zero-order valence-corrected chi connectivity index (χ0v) is 16.3. The van der Waals surface area contributed by atoms with Gasteiger partial charge in [0, 0.05) is 32.2 Å². The number of likely N-dealkylation sites (tertiary alicyclic amines) is 1. The van der Waals surface area contributed by atoms with Gasteiger partial charge in [0.15, 0.2) is 0 Å². The van der Waals surface area contributed by atoms with E-state index in [1.54, 1.807) is 27.8 Å². The van der Waals surface area contributed by atoms with Gasteiger partial charge < -0.3 is 15.0 Å². The van der Waals surface area contributed by atoms with E-state index in [-0.39, 0.29) is 30.8 Å². The molecule has 0 aromatic heterocycles. The molecule has 1 heterocycles. The van der Waals surface area contributed by atoms with E-state index in [9.17, 15) is 18.8 Å². The summed E-state index contributed by atoms with van der Waals surface area (Å²) >= 11 is 0. The number of benzene rings is 1. The van der Waals surface area contributed by atoms with E-state index in [0.717, 1.165) is 0 Å². The van der Waals surface area contributed by atoms with Crippen LogP contribution in [0, 0.1) is 5.82 Å². The van der Waals surface area contributed by atoms with Crippen molar-refractivity contribution in [2.24, 2.45) is 0 Å². The van der Waals surface area contributed by atoms with Crippen molar-refractivity contribution in [2.75, 3.05) is 18.5 Å². The molecular weight excluding hydrogens is 353 g/mol. The summed E-state index contributed by atoms with van der Waals surface area (Å²) in [5.41, 5.74) is -0.201. The second-order valence-corrected chi connectivity index (χ2v) is 7.66. The molecule has 8 heteroatoms. The molecule has 1 aliphatic rings. The lowest BCUT2D eigenvalue weighted by molar-refractivity contribution is -0.123. The maximum Gasteiger partial charge on any atom is 0.411 e. The van der Waals surface area contributed by atoms with Crippen LogP contribution < -0.4 is 10.2 Å². The van der Waals surface area contributed by atoms with Gasteiger partial charge in [-0.25, -0.2) is 9.18 Å². The molecule has 0 radical (unpaired) electrons. The number of anilines is 1. The van der Waals surface area contributed by atoms with Gasteiger partial charge in [-0.15, -0.1) is 0 Å². The number of carbonyl (C=O) groups is 3. The summed E-state index contributed by atoms with van der Waals surface area (Å²) in [4.78, 5) is 39.7. The molecule has 1 N–H and O–H groups in total. The van der Waals surface area contributed by atoms with Gasteiger partial charge >= 0.3 is 6.09 Å². The monoisotopic (exact) mass is 379 g/mol. The Bertz CT molecular complexity index is 715. The first-order valence-electron chi connectivity index (χ1n) is 8.78. The molecule has 7 nitrogen and oxygen atoms in total. The number of hydrogen-bond acceptors (Lipinski definition) is 4. The molecular formula is C19H26FN3O4. The highest BCUT2D eigenvalue weighted by Crippen LogP contribution is 2.25. The summed E-state index contributed by atoms with van der Waals surface area (Å²) in [6.45, 7) is 6.80. The molecule has 1 aromatic rings. The molecule has 1 aromatic carbocycles. The van der Waals surface area contributed by atoms with Crippen LogP contribution in [0.3, 0.4) is 0 Å². The Labute approximate surface area is 158 Å². The van der Waals surface area contributed by atoms with E-state index in [1.807, 2.05) is 0 Å². The van der Waals surface area contributed by atoms with E-state index in [4.69, 9.17) is 4.74 Å². The van der Waals surface area contributed by atoms with E-state index < -0.39 is 23.6 Å². The molecule has 27 heavy (non-hydrogen) atoms. The Morgan fingerprint density at radius 1 is 1.22 bits per heavy atom. The highest BCUT2D eigenvalue weighted by atomic mass is 19.1. The molecule has 1 fully saturated rings. The molecule has 0 bridgehead atoms. The summed E-state index contributed by atoms with van der Waals surface area (Å²) in [7, 11) is 1.56. The van der Waals surface area contributed by atoms with Crippen molar-refractivity contribution >= 4 is 23.6 Å². The van der Waals surface area contributed by atoms with Crippen LogP contribution in [0.15, 0.2) is 24.3 Å². The number of nitrogens with zero attached hydrogens (tertiary/aromatic N) is 2. The van der Waals surface area contributed by atoms with Gasteiger partial charge in [0.05, 0.1) is 0 Å². The third-order valence-electron chi connectivity index (χ3n) is 4.17. The minimum Gasteiger partial charge on any atom is -0.444 e. The number of nitrogens with one attached hydrogen (secondary N) is 1. The second-order valence-electron chi connectivity index (χ2n) is 7.66. The fourth-order valence-corrected chi connectivity index (χ4v) is 3.00. The highest BCUT2D eigenvalue weighted by Gasteiger charge is 2.43. The van der Waals surface area contributed by atoms with Crippen molar-refractivity contribution in [3.63, 3.8) is 0 Å². The van der Waals surface area contributed by atoms with Crippen LogP contribution in [0.5, 0.6) is 0 Å². The van der Waals surface area contributed by atoms with Crippen molar-refractivity contribution in [1.29, 1.82) is 0 Å². The van der Waals surface area contributed by atoms with Crippen LogP contribution in [-0.2, 0) is 14.3 Å². The van der Waals surface area contributed by atoms with Gasteiger partial charge in [0.2, 0.25) is 11.8 Å². The average molecular weight is 379 g/mol. The lowest BCUT2D eigenvalue weighted by Gasteiger charge is -2.30. The molecule has 2 rings (SSSR count). The van der Waals surface area contributed by atoms with E-state index in [2.05, 4.69) is 5.32 Å². The Balaban J connectivity index is 2.22. The number of amides is 3. The lowest BCUT2D eigenvalue weighted by Crippen LogP contribution is -2.48. The Morgan fingerprint density at radius 2 is 1.81 bits per heavy atom. The minimum atomic E-state index is -0.785. The maximum atomic E-state index is 13.1. The predicted octanol–water partition coefficient (Wildman–Crippen LogP) is 2.30. The molecule has 1 aliphatic heterocycles. The molecule has 1 saturated heterocycles.